The van der Waals surface area contributed by atoms with Crippen molar-refractivity contribution in [2.45, 2.75) is 19.8 Å². The Labute approximate surface area is 120 Å². The maximum atomic E-state index is 11.7. The molecule has 1 rings (SSSR count). The number of carboxylic acid groups (broad SMARTS) is 1. The van der Waals surface area contributed by atoms with Crippen molar-refractivity contribution in [1.29, 1.82) is 0 Å². The van der Waals surface area contributed by atoms with Crippen LogP contribution in [0.25, 0.3) is 0 Å². The van der Waals surface area contributed by atoms with Gasteiger partial charge < -0.3 is 15.2 Å². The molecule has 0 bridgehead atoms. The zero-order chi connectivity index (χ0) is 15.8. The summed E-state index contributed by atoms with van der Waals surface area (Å²) in [5.74, 6) is -1.69. The summed E-state index contributed by atoms with van der Waals surface area (Å²) in [6, 6.07) is 3.20. The first-order valence-electron chi connectivity index (χ1n) is 6.35. The second-order valence-electron chi connectivity index (χ2n) is 4.14. The molecule has 0 aliphatic heterocycles. The van der Waals surface area contributed by atoms with E-state index in [9.17, 15) is 19.7 Å². The zero-order valence-electron chi connectivity index (χ0n) is 11.5. The lowest BCUT2D eigenvalue weighted by atomic mass is 10.1. The van der Waals surface area contributed by atoms with Gasteiger partial charge >= 0.3 is 5.97 Å². The summed E-state index contributed by atoms with van der Waals surface area (Å²) in [7, 11) is 0. The molecule has 0 saturated carbocycles. The molecule has 0 heterocycles. The Kier molecular flexibility index (Phi) is 6.28. The van der Waals surface area contributed by atoms with E-state index in [1.807, 2.05) is 6.92 Å². The smallest absolute Gasteiger partial charge is 0.337 e. The number of ether oxygens (including phenoxy) is 1. The Hall–Kier alpha value is -2.48. The van der Waals surface area contributed by atoms with Gasteiger partial charge in [-0.25, -0.2) is 4.79 Å². The van der Waals surface area contributed by atoms with Crippen LogP contribution in [0.3, 0.4) is 0 Å². The van der Waals surface area contributed by atoms with Crippen LogP contribution in [0.15, 0.2) is 18.2 Å². The van der Waals surface area contributed by atoms with Gasteiger partial charge in [-0.15, -0.1) is 0 Å². The van der Waals surface area contributed by atoms with E-state index in [0.717, 1.165) is 18.2 Å². The normalized spacial score (nSPS) is 10.1. The maximum Gasteiger partial charge on any atom is 0.337 e. The fourth-order valence-corrected chi connectivity index (χ4v) is 1.63. The second kappa shape index (κ2) is 7.95. The quantitative estimate of drug-likeness (QED) is 0.430. The van der Waals surface area contributed by atoms with E-state index < -0.39 is 16.8 Å². The van der Waals surface area contributed by atoms with Crippen molar-refractivity contribution in [3.63, 3.8) is 0 Å². The van der Waals surface area contributed by atoms with E-state index in [0.29, 0.717) is 19.6 Å². The first-order chi connectivity index (χ1) is 9.95. The van der Waals surface area contributed by atoms with Crippen LogP contribution in [0, 0.1) is 10.1 Å². The van der Waals surface area contributed by atoms with Crippen molar-refractivity contribution in [2.24, 2.45) is 0 Å². The largest absolute Gasteiger partial charge is 0.478 e. The lowest BCUT2D eigenvalue weighted by Crippen LogP contribution is -2.15. The number of aromatic carboxylic acids is 1. The van der Waals surface area contributed by atoms with Crippen LogP contribution < -0.4 is 5.32 Å². The lowest BCUT2D eigenvalue weighted by Gasteiger charge is -2.08. The van der Waals surface area contributed by atoms with Crippen LogP contribution in [-0.2, 0) is 9.53 Å². The first kappa shape index (κ1) is 16.6. The van der Waals surface area contributed by atoms with Crippen LogP contribution in [0.1, 0.15) is 30.1 Å². The van der Waals surface area contributed by atoms with Gasteiger partial charge in [0.2, 0.25) is 5.91 Å². The van der Waals surface area contributed by atoms with E-state index in [-0.39, 0.29) is 23.4 Å². The number of carbonyl (C=O) groups is 2. The second-order valence-corrected chi connectivity index (χ2v) is 4.14. The molecule has 1 aromatic rings. The minimum Gasteiger partial charge on any atom is -0.478 e. The molecule has 2 N–H and O–H groups in total. The fourth-order valence-electron chi connectivity index (χ4n) is 1.63. The minimum absolute atomic E-state index is 0.0851. The van der Waals surface area contributed by atoms with Crippen molar-refractivity contribution in [2.75, 3.05) is 18.5 Å². The molecule has 0 spiro atoms. The van der Waals surface area contributed by atoms with Crippen LogP contribution >= 0.6 is 0 Å². The number of carbonyl (C=O) groups excluding carboxylic acids is 1. The average molecular weight is 296 g/mol. The Morgan fingerprint density at radius 3 is 2.71 bits per heavy atom. The summed E-state index contributed by atoms with van der Waals surface area (Å²) in [5, 5.41) is 22.1. The Balaban J connectivity index is 2.79. The van der Waals surface area contributed by atoms with Crippen LogP contribution in [0.5, 0.6) is 0 Å². The number of benzene rings is 1. The summed E-state index contributed by atoms with van der Waals surface area (Å²) in [4.78, 5) is 32.8. The van der Waals surface area contributed by atoms with Gasteiger partial charge in [0, 0.05) is 31.8 Å². The number of anilines is 1. The molecule has 0 atom stereocenters. The van der Waals surface area contributed by atoms with Crippen LogP contribution in [0.4, 0.5) is 11.4 Å². The highest BCUT2D eigenvalue weighted by atomic mass is 16.6. The molecule has 0 saturated heterocycles. The van der Waals surface area contributed by atoms with E-state index in [1.54, 1.807) is 0 Å². The molecule has 0 aliphatic carbocycles. The minimum atomic E-state index is -1.27. The van der Waals surface area contributed by atoms with Crippen molar-refractivity contribution in [1.82, 2.24) is 0 Å². The maximum absolute atomic E-state index is 11.7. The van der Waals surface area contributed by atoms with Gasteiger partial charge in [0.25, 0.3) is 5.69 Å². The SMILES string of the molecule is CCOCCCC(=O)Nc1cc([N+](=O)[O-])ccc1C(=O)O. The standard InChI is InChI=1S/C13H16N2O6/c1-2-21-7-3-4-12(16)14-11-8-9(15(19)20)5-6-10(11)13(17)18/h5-6,8H,2-4,7H2,1H3,(H,14,16)(H,17,18). The molecule has 8 nitrogen and oxygen atoms in total. The predicted molar refractivity (Wildman–Crippen MR) is 74.4 cm³/mol. The van der Waals surface area contributed by atoms with Crippen molar-refractivity contribution in [3.8, 4) is 0 Å². The summed E-state index contributed by atoms with van der Waals surface area (Å²) >= 11 is 0. The van der Waals surface area contributed by atoms with E-state index in [1.165, 1.54) is 0 Å². The van der Waals surface area contributed by atoms with E-state index in [2.05, 4.69) is 5.32 Å². The van der Waals surface area contributed by atoms with Gasteiger partial charge in [0.15, 0.2) is 0 Å². The van der Waals surface area contributed by atoms with Crippen molar-refractivity contribution in [3.05, 3.63) is 33.9 Å². The molecular weight excluding hydrogens is 280 g/mol. The summed E-state index contributed by atoms with van der Waals surface area (Å²) in [6.45, 7) is 2.81. The molecule has 0 fully saturated rings. The highest BCUT2D eigenvalue weighted by Crippen LogP contribution is 2.23. The molecule has 0 aliphatic rings. The molecule has 1 amide bonds. The fraction of sp³-hybridized carbons (Fsp3) is 0.385. The molecule has 0 aromatic heterocycles. The highest BCUT2D eigenvalue weighted by Gasteiger charge is 2.17. The van der Waals surface area contributed by atoms with Crippen molar-refractivity contribution < 1.29 is 24.4 Å². The van der Waals surface area contributed by atoms with Gasteiger partial charge in [-0.2, -0.15) is 0 Å². The third-order valence-corrected chi connectivity index (χ3v) is 2.62. The number of nitrogens with one attached hydrogen (secondary N) is 1. The first-order valence-corrected chi connectivity index (χ1v) is 6.35. The molecule has 8 heteroatoms. The number of nitro benzene ring substituents is 1. The third kappa shape index (κ3) is 5.19. The number of carboxylic acids is 1. The van der Waals surface area contributed by atoms with Crippen molar-refractivity contribution >= 4 is 23.3 Å². The number of hydrogen-bond acceptors (Lipinski definition) is 5. The predicted octanol–water partition coefficient (Wildman–Crippen LogP) is 2.05. The zero-order valence-corrected chi connectivity index (χ0v) is 11.5. The van der Waals surface area contributed by atoms with Gasteiger partial charge in [0.1, 0.15) is 0 Å². The van der Waals surface area contributed by atoms with E-state index >= 15 is 0 Å². The number of rotatable bonds is 8. The summed E-state index contributed by atoms with van der Waals surface area (Å²) < 4.78 is 5.08. The van der Waals surface area contributed by atoms with Crippen LogP contribution in [0.2, 0.25) is 0 Å². The number of hydrogen-bond donors (Lipinski definition) is 2. The number of amides is 1. The Morgan fingerprint density at radius 2 is 2.14 bits per heavy atom. The number of nitro groups is 1. The number of nitrogens with zero attached hydrogens (tertiary/aromatic N) is 1. The molecule has 114 valence electrons. The molecule has 0 radical (unpaired) electrons. The Morgan fingerprint density at radius 1 is 1.43 bits per heavy atom. The molecule has 21 heavy (non-hydrogen) atoms. The monoisotopic (exact) mass is 296 g/mol. The van der Waals surface area contributed by atoms with Gasteiger partial charge in [-0.05, 0) is 19.4 Å². The summed E-state index contributed by atoms with van der Waals surface area (Å²) in [6.07, 6.45) is 0.624. The van der Waals surface area contributed by atoms with Gasteiger partial charge in [-0.1, -0.05) is 0 Å². The topological polar surface area (TPSA) is 119 Å². The molecule has 1 aromatic carbocycles. The third-order valence-electron chi connectivity index (χ3n) is 2.62. The molecular formula is C13H16N2O6. The highest BCUT2D eigenvalue weighted by molar-refractivity contribution is 6.01. The average Bonchev–Trinajstić information content (AvgIpc) is 2.43. The van der Waals surface area contributed by atoms with Gasteiger partial charge in [0.05, 0.1) is 16.2 Å². The van der Waals surface area contributed by atoms with Gasteiger partial charge in [-0.3, -0.25) is 14.9 Å². The number of non-ortho nitro benzene ring substituents is 1. The van der Waals surface area contributed by atoms with Crippen LogP contribution in [-0.4, -0.2) is 35.1 Å². The van der Waals surface area contributed by atoms with E-state index in [4.69, 9.17) is 9.84 Å². The molecule has 0 unspecified atom stereocenters. The summed E-state index contributed by atoms with van der Waals surface area (Å²) in [5.41, 5.74) is -0.568. The lowest BCUT2D eigenvalue weighted by molar-refractivity contribution is -0.384. The Bertz CT molecular complexity index is 543.